The Balaban J connectivity index is 1.53. The van der Waals surface area contributed by atoms with Crippen LogP contribution in [0, 0.1) is 6.92 Å². The molecule has 0 spiro atoms. The summed E-state index contributed by atoms with van der Waals surface area (Å²) in [6, 6.07) is 22.7. The Kier molecular flexibility index (Phi) is 8.31. The van der Waals surface area contributed by atoms with E-state index in [1.54, 1.807) is 73.7 Å². The highest BCUT2D eigenvalue weighted by Gasteiger charge is 2.39. The molecule has 0 fully saturated rings. The van der Waals surface area contributed by atoms with E-state index in [9.17, 15) is 14.4 Å². The molecule has 9 heteroatoms. The van der Waals surface area contributed by atoms with Crippen LogP contribution >= 0.6 is 0 Å². The molecule has 0 saturated carbocycles. The van der Waals surface area contributed by atoms with Crippen molar-refractivity contribution in [2.45, 2.75) is 32.9 Å². The molecule has 4 aromatic carbocycles. The number of esters is 2. The number of aryl methyl sites for hydroxylation is 1. The Labute approximate surface area is 256 Å². The Morgan fingerprint density at radius 3 is 2.20 bits per heavy atom. The number of carbonyl (C=O) groups excluding carboxylic acids is 3. The lowest BCUT2D eigenvalue weighted by atomic mass is 9.91. The Morgan fingerprint density at radius 1 is 0.841 bits per heavy atom. The van der Waals surface area contributed by atoms with Gasteiger partial charge < -0.3 is 29.2 Å². The molecule has 1 amide bonds. The third-order valence-corrected chi connectivity index (χ3v) is 7.62. The maximum absolute atomic E-state index is 13.3. The molecule has 0 atom stereocenters. The van der Waals surface area contributed by atoms with Crippen LogP contribution in [-0.2, 0) is 16.1 Å². The molecule has 0 bridgehead atoms. The minimum Gasteiger partial charge on any atom is -0.497 e. The van der Waals surface area contributed by atoms with E-state index < -0.39 is 17.5 Å². The van der Waals surface area contributed by atoms with Crippen molar-refractivity contribution in [3.63, 3.8) is 0 Å². The van der Waals surface area contributed by atoms with Crippen molar-refractivity contribution < 1.29 is 33.3 Å². The number of anilines is 2. The predicted molar refractivity (Wildman–Crippen MR) is 168 cm³/mol. The van der Waals surface area contributed by atoms with Crippen LogP contribution in [0.15, 0.2) is 78.9 Å². The lowest BCUT2D eigenvalue weighted by molar-refractivity contribution is -0.121. The number of fused-ring (bicyclic) bond motifs is 1. The number of nitrogens with one attached hydrogen (secondary N) is 1. The van der Waals surface area contributed by atoms with Gasteiger partial charge in [0.15, 0.2) is 0 Å². The molecule has 0 unspecified atom stereocenters. The van der Waals surface area contributed by atoms with Gasteiger partial charge in [-0.2, -0.15) is 0 Å². The molecule has 0 radical (unpaired) electrons. The van der Waals surface area contributed by atoms with Crippen molar-refractivity contribution in [1.82, 2.24) is 0 Å². The van der Waals surface area contributed by atoms with Crippen molar-refractivity contribution in [2.24, 2.45) is 0 Å². The smallest absolute Gasteiger partial charge is 0.343 e. The van der Waals surface area contributed by atoms with Crippen LogP contribution in [0.5, 0.6) is 17.2 Å². The van der Waals surface area contributed by atoms with Gasteiger partial charge in [-0.3, -0.25) is 4.79 Å². The molecular weight excluding hydrogens is 560 g/mol. The monoisotopic (exact) mass is 594 g/mol. The molecular formula is C35H34N2O7. The molecule has 0 saturated heterocycles. The van der Waals surface area contributed by atoms with E-state index >= 15 is 0 Å². The fraction of sp³-hybridized carbons (Fsp3) is 0.229. The zero-order chi connectivity index (χ0) is 31.6. The van der Waals surface area contributed by atoms with Gasteiger partial charge in [0, 0.05) is 24.2 Å². The van der Waals surface area contributed by atoms with Crippen LogP contribution in [0.25, 0.3) is 11.1 Å². The zero-order valence-corrected chi connectivity index (χ0v) is 25.5. The minimum atomic E-state index is -0.833. The van der Waals surface area contributed by atoms with Crippen molar-refractivity contribution in [1.29, 1.82) is 0 Å². The molecule has 9 nitrogen and oxygen atoms in total. The number of amides is 1. The number of nitrogens with zero attached hydrogens (tertiary/aromatic N) is 1. The lowest BCUT2D eigenvalue weighted by Gasteiger charge is -2.39. The van der Waals surface area contributed by atoms with E-state index in [2.05, 4.69) is 5.32 Å². The molecule has 1 N–H and O–H groups in total. The quantitative estimate of drug-likeness (QED) is 0.184. The zero-order valence-electron chi connectivity index (χ0n) is 25.5. The number of ether oxygens (including phenoxy) is 4. The highest BCUT2D eigenvalue weighted by Crippen LogP contribution is 2.45. The van der Waals surface area contributed by atoms with Gasteiger partial charge in [-0.15, -0.1) is 0 Å². The molecule has 226 valence electrons. The fourth-order valence-electron chi connectivity index (χ4n) is 5.30. The van der Waals surface area contributed by atoms with Gasteiger partial charge in [0.05, 0.1) is 36.7 Å². The average Bonchev–Trinajstić information content (AvgIpc) is 3.02. The van der Waals surface area contributed by atoms with Crippen LogP contribution in [0.4, 0.5) is 11.4 Å². The number of methoxy groups -OCH3 is 2. The van der Waals surface area contributed by atoms with Crippen molar-refractivity contribution in [2.75, 3.05) is 31.5 Å². The normalized spacial score (nSPS) is 13.4. The number of carbonyl (C=O) groups is 3. The first kappa shape index (κ1) is 30.2. The topological polar surface area (TPSA) is 103 Å². The fourth-order valence-corrected chi connectivity index (χ4v) is 5.30. The maximum atomic E-state index is 13.3. The predicted octanol–water partition coefficient (Wildman–Crippen LogP) is 6.42. The molecule has 0 aliphatic carbocycles. The molecule has 44 heavy (non-hydrogen) atoms. The summed E-state index contributed by atoms with van der Waals surface area (Å²) < 4.78 is 22.4. The van der Waals surface area contributed by atoms with E-state index in [0.717, 1.165) is 11.3 Å². The van der Waals surface area contributed by atoms with Crippen LogP contribution in [-0.4, -0.2) is 44.7 Å². The molecule has 1 heterocycles. The number of hydrogen-bond donors (Lipinski definition) is 1. The average molecular weight is 595 g/mol. The summed E-state index contributed by atoms with van der Waals surface area (Å²) in [4.78, 5) is 40.8. The summed E-state index contributed by atoms with van der Waals surface area (Å²) in [5.74, 6) is 0.206. The van der Waals surface area contributed by atoms with Gasteiger partial charge >= 0.3 is 11.9 Å². The third-order valence-electron chi connectivity index (χ3n) is 7.62. The van der Waals surface area contributed by atoms with Gasteiger partial charge in [0.25, 0.3) is 5.91 Å². The third kappa shape index (κ3) is 5.81. The molecule has 1 aliphatic heterocycles. The molecule has 0 aromatic heterocycles. The maximum Gasteiger partial charge on any atom is 0.343 e. The lowest BCUT2D eigenvalue weighted by Crippen LogP contribution is -2.52. The number of hydrogen-bond acceptors (Lipinski definition) is 8. The first-order valence-electron chi connectivity index (χ1n) is 14.0. The van der Waals surface area contributed by atoms with E-state index in [1.807, 2.05) is 45.0 Å². The van der Waals surface area contributed by atoms with Crippen LogP contribution in [0.1, 0.15) is 45.7 Å². The number of benzene rings is 4. The second kappa shape index (κ2) is 12.1. The Morgan fingerprint density at radius 2 is 1.52 bits per heavy atom. The van der Waals surface area contributed by atoms with Crippen LogP contribution < -0.4 is 24.4 Å². The highest BCUT2D eigenvalue weighted by molar-refractivity contribution is 6.09. The van der Waals surface area contributed by atoms with E-state index in [4.69, 9.17) is 18.9 Å². The Hall–Kier alpha value is -5.31. The summed E-state index contributed by atoms with van der Waals surface area (Å²) in [6.07, 6.45) is 0. The SMILES string of the molecule is COc1ccc(C(=O)OCc2c(-c3ccc(OC(=O)c4ccccc4C)cc3OC)ccc3c2N(C)C(=O)C(C)(C)N3)cc1. The standard InChI is InChI=1S/C35H34N2O7/c1-21-9-7-8-10-25(21)33(39)44-24-15-16-27(30(19-24)42-6)26-17-18-29-31(37(4)34(40)35(2,3)36-29)28(26)20-43-32(38)22-11-13-23(41-5)14-12-22/h7-19,36H,20H2,1-6H3. The van der Waals surface area contributed by atoms with E-state index in [0.29, 0.717) is 50.8 Å². The first-order chi connectivity index (χ1) is 21.0. The summed E-state index contributed by atoms with van der Waals surface area (Å²) >= 11 is 0. The van der Waals surface area contributed by atoms with Gasteiger partial charge in [0.2, 0.25) is 0 Å². The summed E-state index contributed by atoms with van der Waals surface area (Å²) in [5.41, 5.74) is 4.05. The first-order valence-corrected chi connectivity index (χ1v) is 14.0. The van der Waals surface area contributed by atoms with Crippen LogP contribution in [0.3, 0.4) is 0 Å². The summed E-state index contributed by atoms with van der Waals surface area (Å²) in [6.45, 7) is 5.34. The molecule has 4 aromatic rings. The largest absolute Gasteiger partial charge is 0.497 e. The van der Waals surface area contributed by atoms with Gasteiger partial charge in [0.1, 0.15) is 29.4 Å². The molecule has 1 aliphatic rings. The summed E-state index contributed by atoms with van der Waals surface area (Å²) in [5, 5.41) is 3.31. The van der Waals surface area contributed by atoms with Crippen LogP contribution in [0.2, 0.25) is 0 Å². The molecule has 5 rings (SSSR count). The van der Waals surface area contributed by atoms with Gasteiger partial charge in [-0.25, -0.2) is 9.59 Å². The second-order valence-electron chi connectivity index (χ2n) is 11.0. The second-order valence-corrected chi connectivity index (χ2v) is 11.0. The van der Waals surface area contributed by atoms with Crippen molar-refractivity contribution >= 4 is 29.2 Å². The van der Waals surface area contributed by atoms with E-state index in [1.165, 1.54) is 7.11 Å². The van der Waals surface area contributed by atoms with E-state index in [-0.39, 0.29) is 12.5 Å². The summed E-state index contributed by atoms with van der Waals surface area (Å²) in [7, 11) is 4.77. The highest BCUT2D eigenvalue weighted by atomic mass is 16.5. The number of likely N-dealkylation sites (N-methyl/N-ethyl adjacent to an activating group) is 1. The van der Waals surface area contributed by atoms with Crippen molar-refractivity contribution in [3.05, 3.63) is 101 Å². The number of rotatable bonds is 8. The Bertz CT molecular complexity index is 1740. The van der Waals surface area contributed by atoms with Gasteiger partial charge in [-0.05, 0) is 80.4 Å². The van der Waals surface area contributed by atoms with Crippen molar-refractivity contribution in [3.8, 4) is 28.4 Å². The van der Waals surface area contributed by atoms with Gasteiger partial charge in [-0.1, -0.05) is 24.3 Å². The minimum absolute atomic E-state index is 0.129.